The van der Waals surface area contributed by atoms with Crippen molar-refractivity contribution in [2.75, 3.05) is 0 Å². The van der Waals surface area contributed by atoms with Crippen LogP contribution in [-0.4, -0.2) is 16.1 Å². The maximum absolute atomic E-state index is 12.3. The third kappa shape index (κ3) is 2.48. The van der Waals surface area contributed by atoms with Crippen molar-refractivity contribution < 1.29 is 18.7 Å². The number of nitrogens with zero attached hydrogens (tertiary/aromatic N) is 1. The summed E-state index contributed by atoms with van der Waals surface area (Å²) in [7, 11) is 0. The molecule has 0 aliphatic heterocycles. The zero-order valence-electron chi connectivity index (χ0n) is 7.50. The number of aliphatic carboxylic acids is 1. The second-order valence-corrected chi connectivity index (χ2v) is 2.85. The minimum absolute atomic E-state index is 0.154. The quantitative estimate of drug-likeness (QED) is 0.813. The highest BCUT2D eigenvalue weighted by Crippen LogP contribution is 2.21. The van der Waals surface area contributed by atoms with Gasteiger partial charge in [-0.3, -0.25) is 9.78 Å². The summed E-state index contributed by atoms with van der Waals surface area (Å²) in [5.74, 6) is -1.03. The van der Waals surface area contributed by atoms with Gasteiger partial charge in [-0.15, -0.1) is 0 Å². The fourth-order valence-electron chi connectivity index (χ4n) is 1.11. The number of carboxylic acids is 1. The Balaban J connectivity index is 2.94. The summed E-state index contributed by atoms with van der Waals surface area (Å²) >= 11 is 0. The van der Waals surface area contributed by atoms with Crippen molar-refractivity contribution in [3.8, 4) is 0 Å². The predicted octanol–water partition coefficient (Wildman–Crippen LogP) is 1.95. The molecule has 5 heteroatoms. The maximum atomic E-state index is 12.3. The van der Waals surface area contributed by atoms with Crippen LogP contribution in [0.1, 0.15) is 23.4 Å². The van der Waals surface area contributed by atoms with Crippen molar-refractivity contribution in [3.63, 3.8) is 0 Å². The zero-order chi connectivity index (χ0) is 10.7. The van der Waals surface area contributed by atoms with Crippen molar-refractivity contribution in [2.45, 2.75) is 19.8 Å². The second-order valence-electron chi connectivity index (χ2n) is 2.85. The van der Waals surface area contributed by atoms with Crippen LogP contribution in [0.15, 0.2) is 12.1 Å². The van der Waals surface area contributed by atoms with Crippen molar-refractivity contribution in [2.24, 2.45) is 0 Å². The summed E-state index contributed by atoms with van der Waals surface area (Å²) in [4.78, 5) is 14.1. The molecular formula is C9H9F2NO2. The highest BCUT2D eigenvalue weighted by atomic mass is 19.3. The molecule has 0 fully saturated rings. The van der Waals surface area contributed by atoms with E-state index < -0.39 is 12.4 Å². The van der Waals surface area contributed by atoms with Crippen molar-refractivity contribution in [1.29, 1.82) is 0 Å². The van der Waals surface area contributed by atoms with Crippen LogP contribution >= 0.6 is 0 Å². The molecular weight excluding hydrogens is 192 g/mol. The molecule has 1 N–H and O–H groups in total. The summed E-state index contributed by atoms with van der Waals surface area (Å²) in [5.41, 5.74) is 0.317. The van der Waals surface area contributed by atoms with Gasteiger partial charge in [-0.05, 0) is 19.1 Å². The number of rotatable bonds is 3. The van der Waals surface area contributed by atoms with Crippen LogP contribution in [0.25, 0.3) is 0 Å². The molecule has 1 aromatic rings. The Morgan fingerprint density at radius 2 is 2.21 bits per heavy atom. The molecule has 0 spiro atoms. The zero-order valence-corrected chi connectivity index (χ0v) is 7.50. The van der Waals surface area contributed by atoms with Gasteiger partial charge in [0.15, 0.2) is 0 Å². The predicted molar refractivity (Wildman–Crippen MR) is 45.3 cm³/mol. The van der Waals surface area contributed by atoms with Crippen LogP contribution in [0, 0.1) is 6.92 Å². The van der Waals surface area contributed by atoms with Gasteiger partial charge >= 0.3 is 5.97 Å². The maximum Gasteiger partial charge on any atom is 0.309 e. The van der Waals surface area contributed by atoms with Crippen molar-refractivity contribution in [1.82, 2.24) is 4.98 Å². The number of pyridine rings is 1. The van der Waals surface area contributed by atoms with Gasteiger partial charge in [0.2, 0.25) is 0 Å². The Morgan fingerprint density at radius 1 is 1.57 bits per heavy atom. The van der Waals surface area contributed by atoms with E-state index >= 15 is 0 Å². The minimum Gasteiger partial charge on any atom is -0.481 e. The number of carboxylic acid groups (broad SMARTS) is 1. The van der Waals surface area contributed by atoms with Gasteiger partial charge in [0.25, 0.3) is 6.43 Å². The Bertz CT molecular complexity index is 353. The SMILES string of the molecule is Cc1nc(CC(=O)O)ccc1C(F)F. The average molecular weight is 201 g/mol. The number of hydrogen-bond acceptors (Lipinski definition) is 2. The molecule has 76 valence electrons. The van der Waals surface area contributed by atoms with Crippen LogP contribution in [0.4, 0.5) is 8.78 Å². The van der Waals surface area contributed by atoms with Gasteiger partial charge in [0.1, 0.15) is 0 Å². The first-order chi connectivity index (χ1) is 6.50. The first-order valence-electron chi connectivity index (χ1n) is 3.97. The number of halogens is 2. The van der Waals surface area contributed by atoms with Crippen molar-refractivity contribution in [3.05, 3.63) is 29.1 Å². The van der Waals surface area contributed by atoms with Gasteiger partial charge in [0, 0.05) is 11.3 Å². The van der Waals surface area contributed by atoms with Gasteiger partial charge in [-0.1, -0.05) is 0 Å². The van der Waals surface area contributed by atoms with E-state index in [1.54, 1.807) is 0 Å². The van der Waals surface area contributed by atoms with E-state index in [9.17, 15) is 13.6 Å². The van der Waals surface area contributed by atoms with E-state index in [0.717, 1.165) is 0 Å². The highest BCUT2D eigenvalue weighted by molar-refractivity contribution is 5.69. The molecule has 1 aromatic heterocycles. The lowest BCUT2D eigenvalue weighted by atomic mass is 10.1. The first kappa shape index (κ1) is 10.6. The standard InChI is InChI=1S/C9H9F2NO2/c1-5-7(9(10)11)3-2-6(12-5)4-8(13)14/h2-3,9H,4H2,1H3,(H,13,14). The summed E-state index contributed by atoms with van der Waals surface area (Å²) in [6.07, 6.45) is -2.81. The van der Waals surface area contributed by atoms with Gasteiger partial charge in [-0.2, -0.15) is 0 Å². The van der Waals surface area contributed by atoms with E-state index in [1.165, 1.54) is 19.1 Å². The molecule has 0 unspecified atom stereocenters. The molecule has 0 saturated heterocycles. The van der Waals surface area contributed by atoms with Gasteiger partial charge in [-0.25, -0.2) is 8.78 Å². The largest absolute Gasteiger partial charge is 0.481 e. The van der Waals surface area contributed by atoms with Crippen LogP contribution in [-0.2, 0) is 11.2 Å². The molecule has 0 amide bonds. The van der Waals surface area contributed by atoms with Gasteiger partial charge in [0.05, 0.1) is 12.1 Å². The third-order valence-electron chi connectivity index (χ3n) is 1.75. The molecule has 3 nitrogen and oxygen atoms in total. The van der Waals surface area contributed by atoms with Crippen LogP contribution in [0.2, 0.25) is 0 Å². The van der Waals surface area contributed by atoms with Crippen LogP contribution in [0.3, 0.4) is 0 Å². The van der Waals surface area contributed by atoms with E-state index in [1.807, 2.05) is 0 Å². The molecule has 0 aliphatic rings. The molecule has 1 heterocycles. The van der Waals surface area contributed by atoms with Crippen LogP contribution < -0.4 is 0 Å². The smallest absolute Gasteiger partial charge is 0.309 e. The number of hydrogen-bond donors (Lipinski definition) is 1. The Morgan fingerprint density at radius 3 is 2.64 bits per heavy atom. The molecule has 1 rings (SSSR count). The topological polar surface area (TPSA) is 50.2 Å². The molecule has 0 saturated carbocycles. The van der Waals surface area contributed by atoms with E-state index in [-0.39, 0.29) is 17.7 Å². The second kappa shape index (κ2) is 4.13. The summed E-state index contributed by atoms with van der Waals surface area (Å²) in [6, 6.07) is 2.52. The first-order valence-corrected chi connectivity index (χ1v) is 3.97. The summed E-state index contributed by atoms with van der Waals surface area (Å²) < 4.78 is 24.5. The Labute approximate surface area is 79.4 Å². The summed E-state index contributed by atoms with van der Waals surface area (Å²) in [5, 5.41) is 8.45. The van der Waals surface area contributed by atoms with Gasteiger partial charge < -0.3 is 5.11 Å². The number of alkyl halides is 2. The Kier molecular flexibility index (Phi) is 3.11. The molecule has 0 radical (unpaired) electrons. The molecule has 0 atom stereocenters. The summed E-state index contributed by atoms with van der Waals surface area (Å²) in [6.45, 7) is 1.44. The fraction of sp³-hybridized carbons (Fsp3) is 0.333. The lowest BCUT2D eigenvalue weighted by molar-refractivity contribution is -0.136. The number of aryl methyl sites for hydroxylation is 1. The molecule has 0 aromatic carbocycles. The lowest BCUT2D eigenvalue weighted by Gasteiger charge is -2.04. The molecule has 14 heavy (non-hydrogen) atoms. The van der Waals surface area contributed by atoms with E-state index in [4.69, 9.17) is 5.11 Å². The minimum atomic E-state index is -2.57. The lowest BCUT2D eigenvalue weighted by Crippen LogP contribution is -2.04. The Hall–Kier alpha value is -1.52. The highest BCUT2D eigenvalue weighted by Gasteiger charge is 2.12. The van der Waals surface area contributed by atoms with Crippen LogP contribution in [0.5, 0.6) is 0 Å². The monoisotopic (exact) mass is 201 g/mol. The number of carbonyl (C=O) groups is 1. The molecule has 0 aliphatic carbocycles. The van der Waals surface area contributed by atoms with E-state index in [2.05, 4.69) is 4.98 Å². The third-order valence-corrected chi connectivity index (χ3v) is 1.75. The fourth-order valence-corrected chi connectivity index (χ4v) is 1.11. The van der Waals surface area contributed by atoms with Crippen molar-refractivity contribution >= 4 is 5.97 Å². The molecule has 0 bridgehead atoms. The average Bonchev–Trinajstić information content (AvgIpc) is 2.01. The number of aromatic nitrogens is 1. The normalized spacial score (nSPS) is 10.6. The van der Waals surface area contributed by atoms with E-state index in [0.29, 0.717) is 5.69 Å².